The molecule has 1 heterocycles. The highest BCUT2D eigenvalue weighted by Crippen LogP contribution is 2.09. The Bertz CT molecular complexity index is 412. The van der Waals surface area contributed by atoms with Crippen molar-refractivity contribution in [3.63, 3.8) is 0 Å². The van der Waals surface area contributed by atoms with E-state index in [1.54, 1.807) is 12.3 Å². The van der Waals surface area contributed by atoms with E-state index in [1.165, 1.54) is 0 Å². The zero-order valence-electron chi connectivity index (χ0n) is 11.7. The third-order valence-electron chi connectivity index (χ3n) is 2.36. The molecule has 0 aliphatic carbocycles. The first-order valence-electron chi connectivity index (χ1n) is 6.24. The van der Waals surface area contributed by atoms with Gasteiger partial charge in [-0.25, -0.2) is 9.97 Å². The number of nitrogens with zero attached hydrogens (tertiary/aromatic N) is 2. The average Bonchev–Trinajstić information content (AvgIpc) is 2.26. The summed E-state index contributed by atoms with van der Waals surface area (Å²) in [6.45, 7) is 10.0. The van der Waals surface area contributed by atoms with Gasteiger partial charge in [0.2, 0.25) is 5.95 Å². The second-order valence-corrected chi connectivity index (χ2v) is 5.42. The lowest BCUT2D eigenvalue weighted by Gasteiger charge is -2.20. The number of amides is 1. The van der Waals surface area contributed by atoms with Crippen LogP contribution in [0.15, 0.2) is 12.3 Å². The Hall–Kier alpha value is -1.65. The minimum atomic E-state index is -0.163. The van der Waals surface area contributed by atoms with Crippen LogP contribution in [0.25, 0.3) is 0 Å². The largest absolute Gasteiger partial charge is 0.350 e. The summed E-state index contributed by atoms with van der Waals surface area (Å²) in [7, 11) is 0. The van der Waals surface area contributed by atoms with Crippen molar-refractivity contribution in [2.45, 2.75) is 52.6 Å². The van der Waals surface area contributed by atoms with Crippen molar-refractivity contribution >= 4 is 11.9 Å². The Balaban J connectivity index is 2.79. The number of carbonyl (C=O) groups is 1. The number of hydrogen-bond donors (Lipinski definition) is 2. The zero-order chi connectivity index (χ0) is 13.8. The Morgan fingerprint density at radius 2 is 2.11 bits per heavy atom. The highest BCUT2D eigenvalue weighted by Gasteiger charge is 2.14. The Kier molecular flexibility index (Phi) is 4.64. The van der Waals surface area contributed by atoms with Gasteiger partial charge in [0, 0.05) is 17.8 Å². The smallest absolute Gasteiger partial charge is 0.270 e. The minimum Gasteiger partial charge on any atom is -0.350 e. The first kappa shape index (κ1) is 14.4. The van der Waals surface area contributed by atoms with Crippen molar-refractivity contribution in [1.29, 1.82) is 0 Å². The van der Waals surface area contributed by atoms with Crippen molar-refractivity contribution in [3.05, 3.63) is 18.0 Å². The van der Waals surface area contributed by atoms with Gasteiger partial charge in [-0.2, -0.15) is 0 Å². The van der Waals surface area contributed by atoms with Crippen molar-refractivity contribution in [1.82, 2.24) is 15.3 Å². The molecule has 1 unspecified atom stereocenters. The van der Waals surface area contributed by atoms with Crippen LogP contribution in [0.5, 0.6) is 0 Å². The molecule has 5 heteroatoms. The summed E-state index contributed by atoms with van der Waals surface area (Å²) in [6.07, 6.45) is 2.48. The van der Waals surface area contributed by atoms with Gasteiger partial charge in [-0.05, 0) is 40.2 Å². The maximum absolute atomic E-state index is 11.9. The molecule has 0 aromatic carbocycles. The lowest BCUT2D eigenvalue weighted by Crippen LogP contribution is -2.33. The van der Waals surface area contributed by atoms with Gasteiger partial charge in [0.15, 0.2) is 0 Å². The molecule has 0 saturated heterocycles. The molecule has 0 saturated carbocycles. The fourth-order valence-electron chi connectivity index (χ4n) is 1.28. The van der Waals surface area contributed by atoms with Gasteiger partial charge >= 0.3 is 0 Å². The molecule has 0 spiro atoms. The number of carbonyl (C=O) groups excluding carboxylic acids is 1. The molecule has 2 N–H and O–H groups in total. The topological polar surface area (TPSA) is 66.9 Å². The SMILES string of the molecule is CCC(C)NC(=O)c1ccnc(NC(C)(C)C)n1. The van der Waals surface area contributed by atoms with Gasteiger partial charge in [0.1, 0.15) is 5.69 Å². The predicted molar refractivity (Wildman–Crippen MR) is 72.6 cm³/mol. The van der Waals surface area contributed by atoms with Crippen LogP contribution >= 0.6 is 0 Å². The molecule has 0 bridgehead atoms. The number of rotatable bonds is 4. The summed E-state index contributed by atoms with van der Waals surface area (Å²) >= 11 is 0. The van der Waals surface area contributed by atoms with Gasteiger partial charge < -0.3 is 10.6 Å². The monoisotopic (exact) mass is 250 g/mol. The Labute approximate surface area is 108 Å². The summed E-state index contributed by atoms with van der Waals surface area (Å²) < 4.78 is 0. The second kappa shape index (κ2) is 5.80. The quantitative estimate of drug-likeness (QED) is 0.859. The fraction of sp³-hybridized carbons (Fsp3) is 0.615. The summed E-state index contributed by atoms with van der Waals surface area (Å²) in [5.41, 5.74) is 0.253. The van der Waals surface area contributed by atoms with Crippen LogP contribution in [0.1, 0.15) is 51.5 Å². The molecule has 0 aliphatic rings. The molecule has 18 heavy (non-hydrogen) atoms. The van der Waals surface area contributed by atoms with Crippen molar-refractivity contribution in [2.24, 2.45) is 0 Å². The van der Waals surface area contributed by atoms with Crippen LogP contribution in [0.4, 0.5) is 5.95 Å². The lowest BCUT2D eigenvalue weighted by atomic mass is 10.1. The second-order valence-electron chi connectivity index (χ2n) is 5.42. The van der Waals surface area contributed by atoms with Gasteiger partial charge in [-0.15, -0.1) is 0 Å². The van der Waals surface area contributed by atoms with E-state index < -0.39 is 0 Å². The molecule has 1 atom stereocenters. The normalized spacial score (nSPS) is 12.9. The third kappa shape index (κ3) is 4.69. The van der Waals surface area contributed by atoms with Crippen LogP contribution in [0.2, 0.25) is 0 Å². The lowest BCUT2D eigenvalue weighted by molar-refractivity contribution is 0.0934. The molecule has 1 rings (SSSR count). The van der Waals surface area contributed by atoms with Crippen molar-refractivity contribution in [3.8, 4) is 0 Å². The van der Waals surface area contributed by atoms with Crippen LogP contribution in [-0.4, -0.2) is 27.5 Å². The van der Waals surface area contributed by atoms with Gasteiger partial charge in [0.05, 0.1) is 0 Å². The van der Waals surface area contributed by atoms with Crippen molar-refractivity contribution in [2.75, 3.05) is 5.32 Å². The zero-order valence-corrected chi connectivity index (χ0v) is 11.7. The molecular formula is C13H22N4O. The number of aromatic nitrogens is 2. The van der Waals surface area contributed by atoms with Crippen LogP contribution in [0, 0.1) is 0 Å². The average molecular weight is 250 g/mol. The van der Waals surface area contributed by atoms with E-state index >= 15 is 0 Å². The van der Waals surface area contributed by atoms with Crippen LogP contribution in [-0.2, 0) is 0 Å². The van der Waals surface area contributed by atoms with E-state index in [-0.39, 0.29) is 17.5 Å². The number of nitrogens with one attached hydrogen (secondary N) is 2. The van der Waals surface area contributed by atoms with Crippen molar-refractivity contribution < 1.29 is 4.79 Å². The van der Waals surface area contributed by atoms with E-state index in [4.69, 9.17) is 0 Å². The molecule has 1 aromatic rings. The molecule has 5 nitrogen and oxygen atoms in total. The summed E-state index contributed by atoms with van der Waals surface area (Å²) in [5, 5.41) is 6.02. The van der Waals surface area contributed by atoms with Gasteiger partial charge in [-0.1, -0.05) is 6.92 Å². The van der Waals surface area contributed by atoms with Crippen LogP contribution in [0.3, 0.4) is 0 Å². The number of anilines is 1. The van der Waals surface area contributed by atoms with E-state index in [1.807, 2.05) is 34.6 Å². The Morgan fingerprint density at radius 1 is 1.44 bits per heavy atom. The molecule has 100 valence electrons. The number of hydrogen-bond acceptors (Lipinski definition) is 4. The predicted octanol–water partition coefficient (Wildman–Crippen LogP) is 2.22. The maximum Gasteiger partial charge on any atom is 0.270 e. The Morgan fingerprint density at radius 3 is 2.67 bits per heavy atom. The first-order chi connectivity index (χ1) is 8.31. The summed E-state index contributed by atoms with van der Waals surface area (Å²) in [6, 6.07) is 1.76. The fourth-order valence-corrected chi connectivity index (χ4v) is 1.28. The third-order valence-corrected chi connectivity index (χ3v) is 2.36. The first-order valence-corrected chi connectivity index (χ1v) is 6.24. The molecule has 1 amide bonds. The molecule has 0 fully saturated rings. The molecule has 0 aliphatic heterocycles. The van der Waals surface area contributed by atoms with Crippen LogP contribution < -0.4 is 10.6 Å². The van der Waals surface area contributed by atoms with E-state index in [2.05, 4.69) is 20.6 Å². The van der Waals surface area contributed by atoms with E-state index in [0.717, 1.165) is 6.42 Å². The minimum absolute atomic E-state index is 0.133. The van der Waals surface area contributed by atoms with Gasteiger partial charge in [-0.3, -0.25) is 4.79 Å². The molecular weight excluding hydrogens is 228 g/mol. The highest BCUT2D eigenvalue weighted by atomic mass is 16.1. The highest BCUT2D eigenvalue weighted by molar-refractivity contribution is 5.92. The van der Waals surface area contributed by atoms with E-state index in [9.17, 15) is 4.79 Å². The molecule has 1 aromatic heterocycles. The standard InChI is InChI=1S/C13H22N4O/c1-6-9(2)15-11(18)10-7-8-14-12(16-10)17-13(3,4)5/h7-9H,6H2,1-5H3,(H,15,18)(H,14,16,17). The summed E-state index contributed by atoms with van der Waals surface area (Å²) in [5.74, 6) is 0.308. The summed E-state index contributed by atoms with van der Waals surface area (Å²) in [4.78, 5) is 20.2. The maximum atomic E-state index is 11.9. The van der Waals surface area contributed by atoms with E-state index in [0.29, 0.717) is 11.6 Å². The molecule has 0 radical (unpaired) electrons. The van der Waals surface area contributed by atoms with Gasteiger partial charge in [0.25, 0.3) is 5.91 Å².